The molecule has 0 aromatic heterocycles. The highest BCUT2D eigenvalue weighted by Crippen LogP contribution is 2.75. The van der Waals surface area contributed by atoms with Crippen LogP contribution in [0.2, 0.25) is 0 Å². The lowest BCUT2D eigenvalue weighted by molar-refractivity contribution is -0.238. The van der Waals surface area contributed by atoms with Gasteiger partial charge in [0, 0.05) is 11.3 Å². The van der Waals surface area contributed by atoms with Crippen LogP contribution >= 0.6 is 0 Å². The van der Waals surface area contributed by atoms with E-state index in [1.807, 2.05) is 13.8 Å². The van der Waals surface area contributed by atoms with Gasteiger partial charge in [-0.1, -0.05) is 40.2 Å². The average Bonchev–Trinajstić information content (AvgIpc) is 2.92. The Kier molecular flexibility index (Phi) is 5.22. The fourth-order valence-electron chi connectivity index (χ4n) is 10.2. The molecule has 2 N–H and O–H groups in total. The smallest absolute Gasteiger partial charge is 0.186 e. The van der Waals surface area contributed by atoms with Crippen molar-refractivity contribution in [1.82, 2.24) is 0 Å². The molecule has 5 aliphatic carbocycles. The molecule has 0 spiro atoms. The van der Waals surface area contributed by atoms with Crippen LogP contribution in [-0.2, 0) is 9.59 Å². The number of ketones is 2. The van der Waals surface area contributed by atoms with Crippen molar-refractivity contribution in [2.75, 3.05) is 0 Å². The largest absolute Gasteiger partial charge is 0.385 e. The highest BCUT2D eigenvalue weighted by atomic mass is 16.3. The summed E-state index contributed by atoms with van der Waals surface area (Å²) >= 11 is 0. The van der Waals surface area contributed by atoms with Gasteiger partial charge in [0.05, 0.1) is 0 Å². The third-order valence-electron chi connectivity index (χ3n) is 12.5. The van der Waals surface area contributed by atoms with E-state index in [2.05, 4.69) is 27.7 Å². The Balaban J connectivity index is 1.59. The van der Waals surface area contributed by atoms with Gasteiger partial charge in [0.15, 0.2) is 11.6 Å². The first-order chi connectivity index (χ1) is 15.3. The Morgan fingerprint density at radius 1 is 0.848 bits per heavy atom. The van der Waals surface area contributed by atoms with Crippen molar-refractivity contribution in [1.29, 1.82) is 0 Å². The molecule has 5 rings (SSSR count). The van der Waals surface area contributed by atoms with Gasteiger partial charge in [-0.05, 0) is 104 Å². The van der Waals surface area contributed by atoms with Crippen molar-refractivity contribution in [3.63, 3.8) is 0 Å². The Labute approximate surface area is 199 Å². The van der Waals surface area contributed by atoms with Crippen molar-refractivity contribution < 1.29 is 19.8 Å². The van der Waals surface area contributed by atoms with Crippen LogP contribution < -0.4 is 0 Å². The predicted molar refractivity (Wildman–Crippen MR) is 128 cm³/mol. The quantitative estimate of drug-likeness (QED) is 0.522. The summed E-state index contributed by atoms with van der Waals surface area (Å²) in [6.07, 6.45) is 7.17. The second-order valence-corrected chi connectivity index (χ2v) is 13.6. The maximum atomic E-state index is 12.8. The molecule has 0 amide bonds. The fraction of sp³-hybridized carbons (Fsp3) is 0.862. The Morgan fingerprint density at radius 3 is 2.12 bits per heavy atom. The summed E-state index contributed by atoms with van der Waals surface area (Å²) in [6.45, 7) is 13.6. The summed E-state index contributed by atoms with van der Waals surface area (Å²) in [5.74, 6) is 1.06. The van der Waals surface area contributed by atoms with Crippen molar-refractivity contribution >= 4 is 11.6 Å². The molecule has 4 saturated carbocycles. The van der Waals surface area contributed by atoms with Crippen LogP contribution in [0.15, 0.2) is 11.1 Å². The molecule has 0 bridgehead atoms. The summed E-state index contributed by atoms with van der Waals surface area (Å²) in [7, 11) is 0. The number of carbonyl (C=O) groups excluding carboxylic acids is 2. The van der Waals surface area contributed by atoms with Crippen LogP contribution in [0.4, 0.5) is 0 Å². The van der Waals surface area contributed by atoms with Gasteiger partial charge in [0.1, 0.15) is 12.2 Å². The first-order valence-corrected chi connectivity index (χ1v) is 13.4. The minimum absolute atomic E-state index is 0.0437. The Bertz CT molecular complexity index is 921. The summed E-state index contributed by atoms with van der Waals surface area (Å²) in [4.78, 5) is 25.4. The van der Waals surface area contributed by atoms with Gasteiger partial charge in [-0.25, -0.2) is 0 Å². The van der Waals surface area contributed by atoms with Crippen LogP contribution in [0.25, 0.3) is 0 Å². The van der Waals surface area contributed by atoms with Gasteiger partial charge < -0.3 is 10.2 Å². The third-order valence-corrected chi connectivity index (χ3v) is 12.5. The zero-order valence-corrected chi connectivity index (χ0v) is 21.5. The maximum Gasteiger partial charge on any atom is 0.186 e. The Morgan fingerprint density at radius 2 is 1.45 bits per heavy atom. The second kappa shape index (κ2) is 7.26. The van der Waals surface area contributed by atoms with Gasteiger partial charge in [0.25, 0.3) is 0 Å². The fourth-order valence-corrected chi connectivity index (χ4v) is 10.2. The topological polar surface area (TPSA) is 74.6 Å². The molecule has 4 nitrogen and oxygen atoms in total. The van der Waals surface area contributed by atoms with Crippen molar-refractivity contribution in [3.8, 4) is 0 Å². The van der Waals surface area contributed by atoms with E-state index in [9.17, 15) is 19.8 Å². The molecule has 5 aliphatic rings. The molecule has 0 radical (unpaired) electrons. The zero-order valence-electron chi connectivity index (χ0n) is 21.5. The van der Waals surface area contributed by atoms with E-state index in [-0.39, 0.29) is 45.1 Å². The molecule has 0 aliphatic heterocycles. The monoisotopic (exact) mass is 456 g/mol. The van der Waals surface area contributed by atoms with Gasteiger partial charge in [0.2, 0.25) is 0 Å². The molecular weight excluding hydrogens is 412 g/mol. The van der Waals surface area contributed by atoms with E-state index in [0.29, 0.717) is 18.3 Å². The summed E-state index contributed by atoms with van der Waals surface area (Å²) in [6, 6.07) is 0. The molecule has 10 atom stereocenters. The van der Waals surface area contributed by atoms with E-state index in [1.54, 1.807) is 0 Å². The molecule has 184 valence electrons. The van der Waals surface area contributed by atoms with E-state index in [1.165, 1.54) is 12.0 Å². The van der Waals surface area contributed by atoms with E-state index in [0.717, 1.165) is 50.5 Å². The molecule has 4 heteroatoms. The number of aliphatic hydroxyl groups excluding tert-OH is 2. The second-order valence-electron chi connectivity index (χ2n) is 13.6. The lowest BCUT2D eigenvalue weighted by Crippen LogP contribution is -2.67. The van der Waals surface area contributed by atoms with Crippen molar-refractivity contribution in [2.45, 2.75) is 112 Å². The average molecular weight is 457 g/mol. The molecule has 0 aromatic carbocycles. The van der Waals surface area contributed by atoms with Gasteiger partial charge >= 0.3 is 0 Å². The van der Waals surface area contributed by atoms with E-state index in [4.69, 9.17) is 0 Å². The summed E-state index contributed by atoms with van der Waals surface area (Å²) in [5.41, 5.74) is 2.11. The molecule has 0 unspecified atom stereocenters. The van der Waals surface area contributed by atoms with Crippen LogP contribution in [-0.4, -0.2) is 34.0 Å². The standard InChI is InChI=1S/C29H44O4/c1-16-14-22-27(4,25(33)23(16)31)11-13-28(5)21-9-7-8-18-17(2)24(32)20(30)15-19(18)26(21,3)10-12-29(22,28)6/h16,19-22,25,30,33H,7-15H2,1-6H3/t16-,19-,20+,21+,22-,25-,26+,27-,28-,29+/m1/s1. The number of aliphatic hydroxyl groups is 2. The number of allylic oxidation sites excluding steroid dienone is 1. The lowest BCUT2D eigenvalue weighted by atomic mass is 9.33. The number of rotatable bonds is 0. The summed E-state index contributed by atoms with van der Waals surface area (Å²) in [5, 5.41) is 21.8. The summed E-state index contributed by atoms with van der Waals surface area (Å²) < 4.78 is 0. The highest BCUT2D eigenvalue weighted by Gasteiger charge is 2.70. The molecule has 33 heavy (non-hydrogen) atoms. The van der Waals surface area contributed by atoms with Gasteiger partial charge in [-0.15, -0.1) is 0 Å². The van der Waals surface area contributed by atoms with E-state index >= 15 is 0 Å². The molecule has 4 fully saturated rings. The normalized spacial score (nSPS) is 54.7. The SMILES string of the molecule is CC1=C2CCC[C@H]3[C@@](C)(CC[C@@]4(C)[C@@H]5C[C@@H](C)C(=O)[C@@H](O)[C@]5(C)CC[C@]34C)[C@@H]2C[C@H](O)C1=O. The van der Waals surface area contributed by atoms with Gasteiger partial charge in [-0.2, -0.15) is 0 Å². The minimum atomic E-state index is -0.856. The number of hydrogen-bond donors (Lipinski definition) is 2. The predicted octanol–water partition coefficient (Wildman–Crippen LogP) is 5.25. The number of fused-ring (bicyclic) bond motifs is 7. The maximum absolute atomic E-state index is 12.8. The number of Topliss-reactive ketones (excluding diaryl/α,β-unsaturated/α-hetero) is 2. The molecular formula is C29H44O4. The van der Waals surface area contributed by atoms with Crippen molar-refractivity contribution in [3.05, 3.63) is 11.1 Å². The lowest BCUT2D eigenvalue weighted by Gasteiger charge is -2.71. The van der Waals surface area contributed by atoms with Crippen LogP contribution in [0, 0.1) is 45.3 Å². The number of carbonyl (C=O) groups is 2. The van der Waals surface area contributed by atoms with Gasteiger partial charge in [-0.3, -0.25) is 9.59 Å². The van der Waals surface area contributed by atoms with Crippen LogP contribution in [0.1, 0.15) is 99.3 Å². The number of hydrogen-bond acceptors (Lipinski definition) is 4. The third kappa shape index (κ3) is 2.83. The molecule has 0 heterocycles. The first-order valence-electron chi connectivity index (χ1n) is 13.4. The van der Waals surface area contributed by atoms with Crippen molar-refractivity contribution in [2.24, 2.45) is 45.3 Å². The molecule has 0 aromatic rings. The van der Waals surface area contributed by atoms with E-state index < -0.39 is 12.2 Å². The zero-order chi connectivity index (χ0) is 24.1. The Hall–Kier alpha value is -1.00. The minimum Gasteiger partial charge on any atom is -0.385 e. The van der Waals surface area contributed by atoms with Crippen LogP contribution in [0.3, 0.4) is 0 Å². The van der Waals surface area contributed by atoms with Crippen LogP contribution in [0.5, 0.6) is 0 Å². The highest BCUT2D eigenvalue weighted by molar-refractivity contribution is 5.99. The first kappa shape index (κ1) is 23.7. The molecule has 0 saturated heterocycles.